The van der Waals surface area contributed by atoms with Crippen LogP contribution in [0, 0.1) is 6.92 Å². The molecule has 7 heteroatoms. The molecule has 0 radical (unpaired) electrons. The van der Waals surface area contributed by atoms with Crippen molar-refractivity contribution >= 4 is 17.6 Å². The summed E-state index contributed by atoms with van der Waals surface area (Å²) in [5.74, 6) is 0.825. The lowest BCUT2D eigenvalue weighted by atomic mass is 10.1. The Labute approximate surface area is 169 Å². The smallest absolute Gasteiger partial charge is 0.245 e. The van der Waals surface area contributed by atoms with E-state index < -0.39 is 0 Å². The van der Waals surface area contributed by atoms with Gasteiger partial charge in [-0.05, 0) is 52.7 Å². The molecule has 7 nitrogen and oxygen atoms in total. The zero-order valence-corrected chi connectivity index (χ0v) is 18.3. The summed E-state index contributed by atoms with van der Waals surface area (Å²) in [6, 6.07) is 1.69. The van der Waals surface area contributed by atoms with E-state index in [1.807, 2.05) is 6.92 Å². The van der Waals surface area contributed by atoms with Crippen LogP contribution in [0.1, 0.15) is 72.0 Å². The van der Waals surface area contributed by atoms with Gasteiger partial charge in [-0.25, -0.2) is 0 Å². The van der Waals surface area contributed by atoms with Crippen molar-refractivity contribution in [3.63, 3.8) is 0 Å². The summed E-state index contributed by atoms with van der Waals surface area (Å²) in [5, 5.41) is 6.50. The second-order valence-corrected chi connectivity index (χ2v) is 7.37. The summed E-state index contributed by atoms with van der Waals surface area (Å²) in [6.45, 7) is 13.4. The maximum absolute atomic E-state index is 12.8. The van der Waals surface area contributed by atoms with Crippen LogP contribution in [0.4, 0.5) is 5.82 Å². The van der Waals surface area contributed by atoms with Crippen LogP contribution < -0.4 is 5.32 Å². The van der Waals surface area contributed by atoms with Crippen molar-refractivity contribution in [1.82, 2.24) is 15.0 Å². The Bertz CT molecular complexity index is 584. The number of aromatic nitrogens is 1. The molecule has 1 N–H and O–H groups in total. The second-order valence-electron chi connectivity index (χ2n) is 7.37. The van der Waals surface area contributed by atoms with Gasteiger partial charge in [0.15, 0.2) is 5.82 Å². The number of rotatable bonds is 14. The third-order valence-corrected chi connectivity index (χ3v) is 5.05. The van der Waals surface area contributed by atoms with E-state index in [0.29, 0.717) is 18.0 Å². The molecule has 2 amide bonds. The second kappa shape index (κ2) is 13.3. The molecule has 0 bridgehead atoms. The monoisotopic (exact) mass is 394 g/mol. The van der Waals surface area contributed by atoms with Crippen LogP contribution in [0.5, 0.6) is 0 Å². The number of hydrogen-bond donors (Lipinski definition) is 1. The minimum absolute atomic E-state index is 0.0227. The highest BCUT2D eigenvalue weighted by molar-refractivity contribution is 5.93. The topological polar surface area (TPSA) is 78.7 Å². The maximum atomic E-state index is 12.8. The van der Waals surface area contributed by atoms with Crippen LogP contribution in [0.15, 0.2) is 10.6 Å². The third kappa shape index (κ3) is 8.87. The first-order valence-electron chi connectivity index (χ1n) is 10.7. The van der Waals surface area contributed by atoms with Crippen molar-refractivity contribution in [1.29, 1.82) is 0 Å². The van der Waals surface area contributed by atoms with Gasteiger partial charge in [-0.1, -0.05) is 38.8 Å². The number of carbonyl (C=O) groups excluding carboxylic acids is 2. The van der Waals surface area contributed by atoms with Crippen molar-refractivity contribution in [2.24, 2.45) is 0 Å². The van der Waals surface area contributed by atoms with Crippen molar-refractivity contribution < 1.29 is 14.1 Å². The van der Waals surface area contributed by atoms with Gasteiger partial charge in [-0.15, -0.1) is 0 Å². The average Bonchev–Trinajstić information content (AvgIpc) is 3.07. The molecule has 1 unspecified atom stereocenters. The minimum atomic E-state index is -0.243. The highest BCUT2D eigenvalue weighted by Gasteiger charge is 2.23. The molecule has 28 heavy (non-hydrogen) atoms. The Kier molecular flexibility index (Phi) is 11.5. The number of amides is 2. The summed E-state index contributed by atoms with van der Waals surface area (Å²) < 4.78 is 4.98. The fraction of sp³-hybridized carbons (Fsp3) is 0.762. The molecule has 1 rings (SSSR count). The highest BCUT2D eigenvalue weighted by atomic mass is 16.5. The molecule has 0 aromatic carbocycles. The minimum Gasteiger partial charge on any atom is -0.360 e. The number of carbonyl (C=O) groups is 2. The van der Waals surface area contributed by atoms with E-state index in [0.717, 1.165) is 51.7 Å². The number of unbranched alkanes of at least 4 members (excludes halogenated alkanes) is 2. The van der Waals surface area contributed by atoms with E-state index in [-0.39, 0.29) is 24.4 Å². The van der Waals surface area contributed by atoms with E-state index in [1.165, 1.54) is 0 Å². The third-order valence-electron chi connectivity index (χ3n) is 5.05. The van der Waals surface area contributed by atoms with Gasteiger partial charge in [0.1, 0.15) is 12.3 Å². The Hall–Kier alpha value is -1.89. The molecule has 0 saturated heterocycles. The molecule has 0 spiro atoms. The standard InChI is InChI=1S/C21H38N4O3/c1-6-9-10-13-21(27)25(17(4)12-11-14-24(7-2)8-3)16-20(26)22-19-15-18(5)28-23-19/h15,17H,6-14,16H2,1-5H3,(H,22,23,26). The first-order chi connectivity index (χ1) is 13.4. The number of aryl methyl sites for hydroxylation is 1. The predicted molar refractivity (Wildman–Crippen MR) is 112 cm³/mol. The van der Waals surface area contributed by atoms with Gasteiger partial charge >= 0.3 is 0 Å². The normalized spacial score (nSPS) is 12.2. The van der Waals surface area contributed by atoms with Crippen LogP contribution in [-0.4, -0.2) is 59.0 Å². The number of anilines is 1. The van der Waals surface area contributed by atoms with E-state index in [1.54, 1.807) is 17.9 Å². The molecular formula is C21H38N4O3. The van der Waals surface area contributed by atoms with E-state index >= 15 is 0 Å². The van der Waals surface area contributed by atoms with Gasteiger partial charge in [-0.2, -0.15) is 0 Å². The zero-order chi connectivity index (χ0) is 20.9. The van der Waals surface area contributed by atoms with Crippen molar-refractivity contribution in [3.8, 4) is 0 Å². The lowest BCUT2D eigenvalue weighted by Crippen LogP contribution is -2.44. The molecule has 1 heterocycles. The van der Waals surface area contributed by atoms with Crippen LogP contribution in [0.2, 0.25) is 0 Å². The lowest BCUT2D eigenvalue weighted by molar-refractivity contribution is -0.137. The number of nitrogens with zero attached hydrogens (tertiary/aromatic N) is 3. The van der Waals surface area contributed by atoms with Gasteiger partial charge in [0.05, 0.1) is 0 Å². The largest absolute Gasteiger partial charge is 0.360 e. The molecule has 1 aromatic heterocycles. The van der Waals surface area contributed by atoms with E-state index in [9.17, 15) is 9.59 Å². The lowest BCUT2D eigenvalue weighted by Gasteiger charge is -2.29. The van der Waals surface area contributed by atoms with Gasteiger partial charge < -0.3 is 19.6 Å². The molecule has 0 fully saturated rings. The fourth-order valence-corrected chi connectivity index (χ4v) is 3.23. The molecule has 1 aromatic rings. The van der Waals surface area contributed by atoms with E-state index in [2.05, 4.69) is 36.1 Å². The summed E-state index contributed by atoms with van der Waals surface area (Å²) in [5.41, 5.74) is 0. The number of nitrogens with one attached hydrogen (secondary N) is 1. The first-order valence-corrected chi connectivity index (χ1v) is 10.7. The highest BCUT2D eigenvalue weighted by Crippen LogP contribution is 2.13. The Morgan fingerprint density at radius 3 is 2.46 bits per heavy atom. The summed E-state index contributed by atoms with van der Waals surface area (Å²) in [4.78, 5) is 29.3. The molecule has 0 aliphatic carbocycles. The number of hydrogen-bond acceptors (Lipinski definition) is 5. The van der Waals surface area contributed by atoms with Crippen molar-refractivity contribution in [2.75, 3.05) is 31.5 Å². The molecule has 0 aliphatic heterocycles. The Morgan fingerprint density at radius 2 is 1.89 bits per heavy atom. The zero-order valence-electron chi connectivity index (χ0n) is 18.3. The van der Waals surface area contributed by atoms with Crippen LogP contribution in [-0.2, 0) is 9.59 Å². The maximum Gasteiger partial charge on any atom is 0.245 e. The molecule has 160 valence electrons. The van der Waals surface area contributed by atoms with Gasteiger partial charge in [0.25, 0.3) is 0 Å². The first kappa shape index (κ1) is 24.1. The van der Waals surface area contributed by atoms with E-state index in [4.69, 9.17) is 4.52 Å². The summed E-state index contributed by atoms with van der Waals surface area (Å²) >= 11 is 0. The van der Waals surface area contributed by atoms with Gasteiger partial charge in [-0.3, -0.25) is 9.59 Å². The predicted octanol–water partition coefficient (Wildman–Crippen LogP) is 3.84. The van der Waals surface area contributed by atoms with Crippen molar-refractivity contribution in [3.05, 3.63) is 11.8 Å². The quantitative estimate of drug-likeness (QED) is 0.485. The Balaban J connectivity index is 2.65. The summed E-state index contributed by atoms with van der Waals surface area (Å²) in [6.07, 6.45) is 5.34. The average molecular weight is 395 g/mol. The van der Waals surface area contributed by atoms with Crippen LogP contribution >= 0.6 is 0 Å². The van der Waals surface area contributed by atoms with Crippen LogP contribution in [0.25, 0.3) is 0 Å². The van der Waals surface area contributed by atoms with Gasteiger partial charge in [0, 0.05) is 18.5 Å². The molecular weight excluding hydrogens is 356 g/mol. The molecule has 0 saturated carbocycles. The fourth-order valence-electron chi connectivity index (χ4n) is 3.23. The molecule has 0 aliphatic rings. The summed E-state index contributed by atoms with van der Waals surface area (Å²) in [7, 11) is 0. The Morgan fingerprint density at radius 1 is 1.18 bits per heavy atom. The van der Waals surface area contributed by atoms with Gasteiger partial charge in [0.2, 0.25) is 11.8 Å². The molecule has 1 atom stereocenters. The van der Waals surface area contributed by atoms with Crippen LogP contribution in [0.3, 0.4) is 0 Å². The van der Waals surface area contributed by atoms with Crippen molar-refractivity contribution in [2.45, 2.75) is 79.2 Å². The SMILES string of the molecule is CCCCCC(=O)N(CC(=O)Nc1cc(C)on1)C(C)CCCN(CC)CC.